The Kier molecular flexibility index (Phi) is 1.63. The van der Waals surface area contributed by atoms with Crippen LogP contribution in [0.3, 0.4) is 0 Å². The lowest BCUT2D eigenvalue weighted by atomic mass is 11.6. The Balaban J connectivity index is 4.08. The third kappa shape index (κ3) is 2.44. The average molecular weight is 134 g/mol. The molecule has 0 aromatic carbocycles. The first-order chi connectivity index (χ1) is 2.94. The van der Waals surface area contributed by atoms with Gasteiger partial charge in [0, 0.05) is 0 Å². The summed E-state index contributed by atoms with van der Waals surface area (Å²) in [6, 6.07) is 0. The van der Waals surface area contributed by atoms with Crippen LogP contribution in [0.15, 0.2) is 0 Å². The third-order valence-electron chi connectivity index (χ3n) is 0.207. The SMILES string of the molecule is O=[SH](=O)C(F)(F)F. The van der Waals surface area contributed by atoms with E-state index in [2.05, 4.69) is 0 Å². The molecule has 0 radical (unpaired) electrons. The van der Waals surface area contributed by atoms with Gasteiger partial charge in [0.05, 0.1) is 0 Å². The smallest absolute Gasteiger partial charge is 0.223 e. The highest BCUT2D eigenvalue weighted by atomic mass is 32.2. The molecule has 0 spiro atoms. The van der Waals surface area contributed by atoms with E-state index in [0.717, 1.165) is 0 Å². The van der Waals surface area contributed by atoms with Crippen molar-refractivity contribution in [3.05, 3.63) is 0 Å². The van der Waals surface area contributed by atoms with E-state index in [1.807, 2.05) is 0 Å². The number of halogens is 3. The van der Waals surface area contributed by atoms with Crippen molar-refractivity contribution in [3.63, 3.8) is 0 Å². The Labute approximate surface area is 38.9 Å². The van der Waals surface area contributed by atoms with Crippen LogP contribution in [0.4, 0.5) is 13.2 Å². The zero-order valence-electron chi connectivity index (χ0n) is 2.90. The van der Waals surface area contributed by atoms with Gasteiger partial charge in [0.15, 0.2) is 0 Å². The van der Waals surface area contributed by atoms with Crippen LogP contribution in [0, 0.1) is 0 Å². The summed E-state index contributed by atoms with van der Waals surface area (Å²) in [5.74, 6) is 0. The number of alkyl halides is 3. The van der Waals surface area contributed by atoms with Gasteiger partial charge in [0.25, 0.3) is 0 Å². The standard InChI is InChI=1S/CHF3O2S/c2-1(3,4)7(5)6/h7H. The van der Waals surface area contributed by atoms with Crippen molar-refractivity contribution in [3.8, 4) is 0 Å². The van der Waals surface area contributed by atoms with Gasteiger partial charge in [-0.25, -0.2) is 8.42 Å². The Hall–Kier alpha value is -0.260. The monoisotopic (exact) mass is 134 g/mol. The summed E-state index contributed by atoms with van der Waals surface area (Å²) < 4.78 is 49.6. The van der Waals surface area contributed by atoms with Gasteiger partial charge in [-0.15, -0.1) is 0 Å². The van der Waals surface area contributed by atoms with Crippen molar-refractivity contribution in [1.82, 2.24) is 0 Å². The van der Waals surface area contributed by atoms with E-state index in [4.69, 9.17) is 8.42 Å². The highest BCUT2D eigenvalue weighted by Crippen LogP contribution is 2.13. The van der Waals surface area contributed by atoms with E-state index in [-0.39, 0.29) is 0 Å². The Bertz CT molecular complexity index is 113. The van der Waals surface area contributed by atoms with Crippen molar-refractivity contribution >= 4 is 10.7 Å². The van der Waals surface area contributed by atoms with Gasteiger partial charge >= 0.3 is 5.51 Å². The van der Waals surface area contributed by atoms with Gasteiger partial charge in [-0.1, -0.05) is 0 Å². The van der Waals surface area contributed by atoms with Crippen molar-refractivity contribution in [2.75, 3.05) is 0 Å². The second-order valence-corrected chi connectivity index (χ2v) is 1.75. The van der Waals surface area contributed by atoms with Gasteiger partial charge in [-0.05, 0) is 0 Å². The molecule has 44 valence electrons. The van der Waals surface area contributed by atoms with E-state index in [1.165, 1.54) is 0 Å². The molecule has 0 heterocycles. The first kappa shape index (κ1) is 6.74. The van der Waals surface area contributed by atoms with Crippen molar-refractivity contribution in [2.45, 2.75) is 5.51 Å². The molecule has 0 saturated carbocycles. The minimum atomic E-state index is -5.05. The van der Waals surface area contributed by atoms with E-state index in [9.17, 15) is 13.2 Å². The first-order valence-electron chi connectivity index (χ1n) is 1.16. The Morgan fingerprint density at radius 3 is 1.29 bits per heavy atom. The van der Waals surface area contributed by atoms with Crippen LogP contribution < -0.4 is 0 Å². The molecule has 0 aliphatic rings. The highest BCUT2D eigenvalue weighted by molar-refractivity contribution is 7.73. The summed E-state index contributed by atoms with van der Waals surface area (Å²) in [4.78, 5) is 0. The van der Waals surface area contributed by atoms with E-state index >= 15 is 0 Å². The molecule has 0 aliphatic carbocycles. The molecule has 6 heteroatoms. The van der Waals surface area contributed by atoms with Gasteiger partial charge < -0.3 is 0 Å². The predicted molar refractivity (Wildman–Crippen MR) is 16.4 cm³/mol. The van der Waals surface area contributed by atoms with Gasteiger partial charge in [0.2, 0.25) is 10.7 Å². The Morgan fingerprint density at radius 1 is 1.14 bits per heavy atom. The van der Waals surface area contributed by atoms with Gasteiger partial charge in [0.1, 0.15) is 0 Å². The topological polar surface area (TPSA) is 34.1 Å². The Morgan fingerprint density at radius 2 is 1.29 bits per heavy atom. The molecule has 0 fully saturated rings. The molecule has 0 aromatic rings. The van der Waals surface area contributed by atoms with Gasteiger partial charge in [-0.3, -0.25) is 0 Å². The minimum absolute atomic E-state index is 4.24. The number of hydrogen-bond acceptors (Lipinski definition) is 2. The molecule has 2 nitrogen and oxygen atoms in total. The van der Waals surface area contributed by atoms with Crippen LogP contribution in [0.25, 0.3) is 0 Å². The molecule has 0 atom stereocenters. The summed E-state index contributed by atoms with van der Waals surface area (Å²) in [6.07, 6.45) is 0. The normalized spacial score (nSPS) is 12.6. The second kappa shape index (κ2) is 1.69. The lowest BCUT2D eigenvalue weighted by molar-refractivity contribution is -0.0398. The highest BCUT2D eigenvalue weighted by Gasteiger charge is 2.31. The molecule has 0 saturated heterocycles. The zero-order chi connectivity index (χ0) is 6.08. The van der Waals surface area contributed by atoms with Crippen molar-refractivity contribution in [1.29, 1.82) is 0 Å². The lowest BCUT2D eigenvalue weighted by Crippen LogP contribution is -2.07. The molecule has 0 N–H and O–H groups in total. The molecular weight excluding hydrogens is 133 g/mol. The second-order valence-electron chi connectivity index (χ2n) is 0.725. The number of rotatable bonds is 0. The molecule has 0 aliphatic heterocycles. The summed E-state index contributed by atoms with van der Waals surface area (Å²) >= 11 is 0. The van der Waals surface area contributed by atoms with Crippen LogP contribution in [-0.2, 0) is 10.7 Å². The van der Waals surface area contributed by atoms with Crippen LogP contribution in [0.5, 0.6) is 0 Å². The fraction of sp³-hybridized carbons (Fsp3) is 1.00. The fourth-order valence-electron chi connectivity index (χ4n) is 0. The van der Waals surface area contributed by atoms with Crippen LogP contribution in [0.1, 0.15) is 0 Å². The summed E-state index contributed by atoms with van der Waals surface area (Å²) in [7, 11) is -4.24. The van der Waals surface area contributed by atoms with Crippen LogP contribution >= 0.6 is 0 Å². The average Bonchev–Trinajstić information content (AvgIpc) is 1.31. The fourth-order valence-corrected chi connectivity index (χ4v) is 0. The third-order valence-corrected chi connectivity index (χ3v) is 0.621. The van der Waals surface area contributed by atoms with Gasteiger partial charge in [-0.2, -0.15) is 13.2 Å². The summed E-state index contributed by atoms with van der Waals surface area (Å²) in [5.41, 5.74) is -5.05. The zero-order valence-corrected chi connectivity index (χ0v) is 3.79. The first-order valence-corrected chi connectivity index (χ1v) is 2.33. The summed E-state index contributed by atoms with van der Waals surface area (Å²) in [6.45, 7) is 0. The van der Waals surface area contributed by atoms with E-state index in [1.54, 1.807) is 0 Å². The molecule has 0 bridgehead atoms. The van der Waals surface area contributed by atoms with Crippen LogP contribution in [0.2, 0.25) is 0 Å². The van der Waals surface area contributed by atoms with Crippen LogP contribution in [-0.4, -0.2) is 13.9 Å². The molecule has 0 amide bonds. The quantitative estimate of drug-likeness (QED) is 0.477. The maximum Gasteiger partial charge on any atom is 0.494 e. The largest absolute Gasteiger partial charge is 0.494 e. The van der Waals surface area contributed by atoms with E-state index in [0.29, 0.717) is 0 Å². The van der Waals surface area contributed by atoms with E-state index < -0.39 is 16.2 Å². The molecule has 0 aromatic heterocycles. The van der Waals surface area contributed by atoms with Crippen molar-refractivity contribution < 1.29 is 21.6 Å². The maximum atomic E-state index is 10.6. The molecular formula is CHF3O2S. The number of thiol groups is 1. The van der Waals surface area contributed by atoms with Crippen molar-refractivity contribution in [2.24, 2.45) is 0 Å². The number of hydrogen-bond donors (Lipinski definition) is 1. The minimum Gasteiger partial charge on any atom is -0.223 e. The summed E-state index contributed by atoms with van der Waals surface area (Å²) in [5, 5.41) is 0. The predicted octanol–water partition coefficient (Wildman–Crippen LogP) is 0.118. The lowest BCUT2D eigenvalue weighted by Gasteiger charge is -1.89. The molecule has 0 rings (SSSR count). The maximum absolute atomic E-state index is 10.6. The molecule has 0 unspecified atom stereocenters. The molecule has 7 heavy (non-hydrogen) atoms.